The van der Waals surface area contributed by atoms with Crippen molar-refractivity contribution in [3.63, 3.8) is 0 Å². The van der Waals surface area contributed by atoms with Crippen molar-refractivity contribution in [3.8, 4) is 0 Å². The van der Waals surface area contributed by atoms with Crippen LogP contribution in [0.3, 0.4) is 0 Å². The Labute approximate surface area is 70.4 Å². The molecule has 0 atom stereocenters. The highest BCUT2D eigenvalue weighted by atomic mass is 19.3. The molecule has 0 fully saturated rings. The second-order valence-electron chi connectivity index (χ2n) is 2.99. The number of pyridine rings is 1. The van der Waals surface area contributed by atoms with Crippen molar-refractivity contribution in [2.45, 2.75) is 19.8 Å². The summed E-state index contributed by atoms with van der Waals surface area (Å²) in [7, 11) is 0. The zero-order valence-corrected chi connectivity index (χ0v) is 7.09. The third-order valence-electron chi connectivity index (χ3n) is 1.73. The van der Waals surface area contributed by atoms with Crippen molar-refractivity contribution in [2.75, 3.05) is 0 Å². The van der Waals surface area contributed by atoms with Gasteiger partial charge in [-0.05, 0) is 12.1 Å². The molecule has 66 valence electrons. The van der Waals surface area contributed by atoms with E-state index in [2.05, 4.69) is 4.98 Å². The van der Waals surface area contributed by atoms with Crippen LogP contribution in [0, 0.1) is 5.92 Å². The SMILES string of the molecule is CC(C)C(F)(F)c1ccccn1. The van der Waals surface area contributed by atoms with E-state index in [4.69, 9.17) is 0 Å². The van der Waals surface area contributed by atoms with E-state index in [1.165, 1.54) is 26.1 Å². The lowest BCUT2D eigenvalue weighted by Gasteiger charge is -2.18. The van der Waals surface area contributed by atoms with E-state index in [1.54, 1.807) is 12.1 Å². The monoisotopic (exact) mass is 171 g/mol. The van der Waals surface area contributed by atoms with E-state index < -0.39 is 11.8 Å². The lowest BCUT2D eigenvalue weighted by atomic mass is 10.0. The van der Waals surface area contributed by atoms with Crippen molar-refractivity contribution < 1.29 is 8.78 Å². The molecule has 0 aliphatic rings. The zero-order valence-electron chi connectivity index (χ0n) is 7.09. The molecule has 0 aliphatic heterocycles. The smallest absolute Gasteiger partial charge is 0.255 e. The Morgan fingerprint density at radius 2 is 2.00 bits per heavy atom. The standard InChI is InChI=1S/C9H11F2N/c1-7(2)9(10,11)8-5-3-4-6-12-8/h3-7H,1-2H3. The van der Waals surface area contributed by atoms with Crippen LogP contribution in [0.1, 0.15) is 19.5 Å². The lowest BCUT2D eigenvalue weighted by Crippen LogP contribution is -2.22. The van der Waals surface area contributed by atoms with Gasteiger partial charge in [0.2, 0.25) is 0 Å². The number of rotatable bonds is 2. The largest absolute Gasteiger partial charge is 0.291 e. The van der Waals surface area contributed by atoms with Crippen LogP contribution in [0.25, 0.3) is 0 Å². The van der Waals surface area contributed by atoms with E-state index in [-0.39, 0.29) is 5.69 Å². The first-order chi connectivity index (χ1) is 5.55. The van der Waals surface area contributed by atoms with Crippen LogP contribution >= 0.6 is 0 Å². The van der Waals surface area contributed by atoms with Gasteiger partial charge in [-0.2, -0.15) is 8.78 Å². The fourth-order valence-electron chi connectivity index (χ4n) is 0.856. The van der Waals surface area contributed by atoms with Gasteiger partial charge in [0.25, 0.3) is 5.92 Å². The molecule has 0 saturated heterocycles. The Hall–Kier alpha value is -0.990. The summed E-state index contributed by atoms with van der Waals surface area (Å²) >= 11 is 0. The number of hydrogen-bond acceptors (Lipinski definition) is 1. The number of hydrogen-bond donors (Lipinski definition) is 0. The fraction of sp³-hybridized carbons (Fsp3) is 0.444. The van der Waals surface area contributed by atoms with Gasteiger partial charge in [0.15, 0.2) is 0 Å². The molecule has 0 radical (unpaired) electrons. The minimum Gasteiger partial charge on any atom is -0.255 e. The first-order valence-electron chi connectivity index (χ1n) is 3.84. The van der Waals surface area contributed by atoms with Crippen LogP contribution in [0.5, 0.6) is 0 Å². The van der Waals surface area contributed by atoms with Crippen molar-refractivity contribution >= 4 is 0 Å². The minimum absolute atomic E-state index is 0.153. The van der Waals surface area contributed by atoms with Gasteiger partial charge in [-0.3, -0.25) is 4.98 Å². The molecule has 0 bridgehead atoms. The van der Waals surface area contributed by atoms with Gasteiger partial charge in [0.05, 0.1) is 0 Å². The molecule has 3 heteroatoms. The quantitative estimate of drug-likeness (QED) is 0.666. The van der Waals surface area contributed by atoms with Gasteiger partial charge in [-0.25, -0.2) is 0 Å². The molecule has 1 rings (SSSR count). The zero-order chi connectivity index (χ0) is 9.19. The van der Waals surface area contributed by atoms with Crippen LogP contribution in [0.4, 0.5) is 8.78 Å². The molecule has 0 saturated carbocycles. The maximum atomic E-state index is 13.2. The molecule has 0 unspecified atom stereocenters. The highest BCUT2D eigenvalue weighted by Crippen LogP contribution is 2.33. The molecule has 0 amide bonds. The van der Waals surface area contributed by atoms with Crippen molar-refractivity contribution in [1.29, 1.82) is 0 Å². The highest BCUT2D eigenvalue weighted by molar-refractivity contribution is 5.10. The summed E-state index contributed by atoms with van der Waals surface area (Å²) in [4.78, 5) is 3.62. The van der Waals surface area contributed by atoms with Crippen LogP contribution in [0.2, 0.25) is 0 Å². The van der Waals surface area contributed by atoms with Crippen molar-refractivity contribution in [3.05, 3.63) is 30.1 Å². The highest BCUT2D eigenvalue weighted by Gasteiger charge is 2.36. The van der Waals surface area contributed by atoms with Crippen LogP contribution < -0.4 is 0 Å². The summed E-state index contributed by atoms with van der Waals surface area (Å²) in [6.45, 7) is 2.96. The molecule has 0 spiro atoms. The average Bonchev–Trinajstić information content (AvgIpc) is 2.06. The Balaban J connectivity index is 2.98. The number of alkyl halides is 2. The number of aromatic nitrogens is 1. The Morgan fingerprint density at radius 3 is 2.42 bits per heavy atom. The lowest BCUT2D eigenvalue weighted by molar-refractivity contribution is -0.0554. The van der Waals surface area contributed by atoms with Gasteiger partial charge in [0, 0.05) is 12.1 Å². The van der Waals surface area contributed by atoms with Gasteiger partial charge in [0.1, 0.15) is 5.69 Å². The second kappa shape index (κ2) is 3.17. The maximum absolute atomic E-state index is 13.2. The molecule has 1 aromatic heterocycles. The summed E-state index contributed by atoms with van der Waals surface area (Å²) in [6, 6.07) is 4.54. The number of halogens is 2. The Morgan fingerprint density at radius 1 is 1.33 bits per heavy atom. The average molecular weight is 171 g/mol. The van der Waals surface area contributed by atoms with Crippen molar-refractivity contribution in [2.24, 2.45) is 5.92 Å². The van der Waals surface area contributed by atoms with Gasteiger partial charge in [-0.15, -0.1) is 0 Å². The minimum atomic E-state index is -2.82. The molecule has 1 aromatic rings. The first-order valence-corrected chi connectivity index (χ1v) is 3.84. The van der Waals surface area contributed by atoms with Gasteiger partial charge in [-0.1, -0.05) is 19.9 Å². The van der Waals surface area contributed by atoms with Crippen LogP contribution in [0.15, 0.2) is 24.4 Å². The Bertz CT molecular complexity index is 244. The summed E-state index contributed by atoms with van der Waals surface area (Å²) in [5, 5.41) is 0. The first kappa shape index (κ1) is 9.10. The third-order valence-corrected chi connectivity index (χ3v) is 1.73. The fourth-order valence-corrected chi connectivity index (χ4v) is 0.856. The molecule has 1 nitrogen and oxygen atoms in total. The molecular formula is C9H11F2N. The molecule has 0 aromatic carbocycles. The normalized spacial score (nSPS) is 12.1. The van der Waals surface area contributed by atoms with Gasteiger partial charge < -0.3 is 0 Å². The predicted molar refractivity (Wildman–Crippen MR) is 43.0 cm³/mol. The van der Waals surface area contributed by atoms with E-state index in [0.29, 0.717) is 0 Å². The summed E-state index contributed by atoms with van der Waals surface area (Å²) < 4.78 is 26.4. The summed E-state index contributed by atoms with van der Waals surface area (Å²) in [6.07, 6.45) is 1.38. The number of nitrogens with zero attached hydrogens (tertiary/aromatic N) is 1. The van der Waals surface area contributed by atoms with Crippen LogP contribution in [-0.2, 0) is 5.92 Å². The molecular weight excluding hydrogens is 160 g/mol. The summed E-state index contributed by atoms with van der Waals surface area (Å²) in [5.74, 6) is -3.53. The maximum Gasteiger partial charge on any atom is 0.291 e. The van der Waals surface area contributed by atoms with E-state index >= 15 is 0 Å². The van der Waals surface area contributed by atoms with E-state index in [1.807, 2.05) is 0 Å². The molecule has 0 N–H and O–H groups in total. The van der Waals surface area contributed by atoms with E-state index in [9.17, 15) is 8.78 Å². The Kier molecular flexibility index (Phi) is 2.40. The third kappa shape index (κ3) is 1.60. The topological polar surface area (TPSA) is 12.9 Å². The van der Waals surface area contributed by atoms with Crippen molar-refractivity contribution in [1.82, 2.24) is 4.98 Å². The summed E-state index contributed by atoms with van der Waals surface area (Å²) in [5.41, 5.74) is -0.153. The second-order valence-corrected chi connectivity index (χ2v) is 2.99. The molecule has 12 heavy (non-hydrogen) atoms. The van der Waals surface area contributed by atoms with Gasteiger partial charge >= 0.3 is 0 Å². The van der Waals surface area contributed by atoms with Crippen LogP contribution in [-0.4, -0.2) is 4.98 Å². The molecule has 1 heterocycles. The predicted octanol–water partition coefficient (Wildman–Crippen LogP) is 2.83. The van der Waals surface area contributed by atoms with E-state index in [0.717, 1.165) is 0 Å². The molecule has 0 aliphatic carbocycles.